The summed E-state index contributed by atoms with van der Waals surface area (Å²) in [4.78, 5) is 0.206. The van der Waals surface area contributed by atoms with Gasteiger partial charge in [-0.3, -0.25) is 0 Å². The van der Waals surface area contributed by atoms with E-state index in [1.54, 1.807) is 25.1 Å². The Morgan fingerprint density at radius 2 is 2.31 bits per heavy atom. The zero-order valence-electron chi connectivity index (χ0n) is 8.94. The van der Waals surface area contributed by atoms with Crippen LogP contribution in [0, 0.1) is 0 Å². The number of ether oxygens (including phenoxy) is 1. The first-order chi connectivity index (χ1) is 7.52. The maximum Gasteiger partial charge on any atom is 0.130 e. The molecule has 0 aliphatic rings. The van der Waals surface area contributed by atoms with Gasteiger partial charge in [0.2, 0.25) is 0 Å². The van der Waals surface area contributed by atoms with Crippen LogP contribution in [-0.2, 0) is 0 Å². The van der Waals surface area contributed by atoms with Crippen LogP contribution in [-0.4, -0.2) is 22.8 Å². The van der Waals surface area contributed by atoms with Crippen molar-refractivity contribution >= 4 is 28.8 Å². The molecule has 1 aromatic rings. The van der Waals surface area contributed by atoms with Crippen LogP contribution < -0.4 is 10.5 Å². The Morgan fingerprint density at radius 1 is 1.62 bits per heavy atom. The summed E-state index contributed by atoms with van der Waals surface area (Å²) in [6.45, 7) is 2.10. The number of aliphatic hydroxyl groups excluding tert-OH is 1. The van der Waals surface area contributed by atoms with Gasteiger partial charge in [-0.1, -0.05) is 29.9 Å². The van der Waals surface area contributed by atoms with E-state index in [1.807, 2.05) is 0 Å². The van der Waals surface area contributed by atoms with Crippen LogP contribution in [0.4, 0.5) is 0 Å². The molecule has 0 aromatic heterocycles. The summed E-state index contributed by atoms with van der Waals surface area (Å²) in [5.74, 6) is 0.556. The lowest BCUT2D eigenvalue weighted by Crippen LogP contribution is -2.14. The minimum Gasteiger partial charge on any atom is -0.493 e. The van der Waals surface area contributed by atoms with Crippen molar-refractivity contribution in [1.82, 2.24) is 0 Å². The number of hydrogen-bond acceptors (Lipinski definition) is 3. The van der Waals surface area contributed by atoms with Gasteiger partial charge in [-0.25, -0.2) is 0 Å². The van der Waals surface area contributed by atoms with Crippen LogP contribution in [0.2, 0.25) is 5.02 Å². The molecule has 0 aliphatic carbocycles. The van der Waals surface area contributed by atoms with Crippen molar-refractivity contribution < 1.29 is 9.84 Å². The van der Waals surface area contributed by atoms with Gasteiger partial charge in [0.25, 0.3) is 0 Å². The molecule has 16 heavy (non-hydrogen) atoms. The van der Waals surface area contributed by atoms with Gasteiger partial charge < -0.3 is 15.6 Å². The lowest BCUT2D eigenvalue weighted by Gasteiger charge is -2.12. The predicted molar refractivity (Wildman–Crippen MR) is 69.1 cm³/mol. The molecule has 0 heterocycles. The van der Waals surface area contributed by atoms with Crippen LogP contribution in [0.15, 0.2) is 18.2 Å². The Kier molecular flexibility index (Phi) is 4.99. The molecule has 1 rings (SSSR count). The highest BCUT2D eigenvalue weighted by Gasteiger charge is 2.10. The molecule has 0 bridgehead atoms. The van der Waals surface area contributed by atoms with E-state index >= 15 is 0 Å². The summed E-state index contributed by atoms with van der Waals surface area (Å²) < 4.78 is 5.48. The smallest absolute Gasteiger partial charge is 0.130 e. The van der Waals surface area contributed by atoms with Crippen LogP contribution in [0.25, 0.3) is 0 Å². The summed E-state index contributed by atoms with van der Waals surface area (Å²) in [7, 11) is 0. The summed E-state index contributed by atoms with van der Waals surface area (Å²) >= 11 is 10.9. The molecular weight excluding hydrogens is 246 g/mol. The molecule has 0 saturated heterocycles. The molecule has 0 amide bonds. The Morgan fingerprint density at radius 3 is 2.88 bits per heavy atom. The molecule has 5 heteroatoms. The first kappa shape index (κ1) is 13.2. The quantitative estimate of drug-likeness (QED) is 0.796. The zero-order valence-corrected chi connectivity index (χ0v) is 10.5. The third-order valence-corrected chi connectivity index (χ3v) is 2.53. The minimum absolute atomic E-state index is 0.206. The SMILES string of the molecule is CC(O)CCOc1cccc(Cl)c1C(N)=S. The van der Waals surface area contributed by atoms with Crippen molar-refractivity contribution in [3.63, 3.8) is 0 Å². The van der Waals surface area contributed by atoms with Gasteiger partial charge in [0.15, 0.2) is 0 Å². The number of thiocarbonyl (C=S) groups is 1. The number of nitrogens with two attached hydrogens (primary N) is 1. The van der Waals surface area contributed by atoms with E-state index in [0.717, 1.165) is 0 Å². The Balaban J connectivity index is 2.79. The molecule has 1 atom stereocenters. The van der Waals surface area contributed by atoms with Crippen LogP contribution >= 0.6 is 23.8 Å². The van der Waals surface area contributed by atoms with E-state index in [1.165, 1.54) is 0 Å². The number of benzene rings is 1. The van der Waals surface area contributed by atoms with E-state index in [2.05, 4.69) is 0 Å². The average Bonchev–Trinajstić information content (AvgIpc) is 2.16. The van der Waals surface area contributed by atoms with Gasteiger partial charge in [0.1, 0.15) is 10.7 Å². The topological polar surface area (TPSA) is 55.5 Å². The highest BCUT2D eigenvalue weighted by Crippen LogP contribution is 2.26. The van der Waals surface area contributed by atoms with Crippen molar-refractivity contribution in [2.45, 2.75) is 19.4 Å². The largest absolute Gasteiger partial charge is 0.493 e. The van der Waals surface area contributed by atoms with Gasteiger partial charge in [0.05, 0.1) is 23.3 Å². The average molecular weight is 260 g/mol. The molecule has 0 aliphatic heterocycles. The fraction of sp³-hybridized carbons (Fsp3) is 0.364. The van der Waals surface area contributed by atoms with Crippen molar-refractivity contribution in [3.05, 3.63) is 28.8 Å². The summed E-state index contributed by atoms with van der Waals surface area (Å²) in [6, 6.07) is 5.22. The van der Waals surface area contributed by atoms with E-state index in [4.69, 9.17) is 39.4 Å². The highest BCUT2D eigenvalue weighted by atomic mass is 35.5. The monoisotopic (exact) mass is 259 g/mol. The predicted octanol–water partition coefficient (Wildman–Crippen LogP) is 2.12. The minimum atomic E-state index is -0.396. The Hall–Kier alpha value is -0.840. The second kappa shape index (κ2) is 6.03. The second-order valence-electron chi connectivity index (χ2n) is 3.46. The van der Waals surface area contributed by atoms with E-state index < -0.39 is 6.10 Å². The number of halogens is 1. The van der Waals surface area contributed by atoms with Gasteiger partial charge in [0, 0.05) is 6.42 Å². The van der Waals surface area contributed by atoms with Crippen molar-refractivity contribution in [2.24, 2.45) is 5.73 Å². The zero-order chi connectivity index (χ0) is 12.1. The molecule has 3 N–H and O–H groups in total. The van der Waals surface area contributed by atoms with Gasteiger partial charge in [-0.05, 0) is 19.1 Å². The van der Waals surface area contributed by atoms with Crippen LogP contribution in [0.1, 0.15) is 18.9 Å². The molecule has 88 valence electrons. The van der Waals surface area contributed by atoms with Gasteiger partial charge >= 0.3 is 0 Å². The van der Waals surface area contributed by atoms with E-state index in [0.29, 0.717) is 29.4 Å². The molecule has 0 fully saturated rings. The first-order valence-electron chi connectivity index (χ1n) is 4.91. The molecular formula is C11H14ClNO2S. The Bertz CT molecular complexity index is 382. The molecule has 3 nitrogen and oxygen atoms in total. The fourth-order valence-electron chi connectivity index (χ4n) is 1.20. The lowest BCUT2D eigenvalue weighted by atomic mass is 10.2. The third kappa shape index (κ3) is 3.63. The van der Waals surface area contributed by atoms with Crippen molar-refractivity contribution in [3.8, 4) is 5.75 Å². The van der Waals surface area contributed by atoms with E-state index in [-0.39, 0.29) is 4.99 Å². The van der Waals surface area contributed by atoms with Crippen LogP contribution in [0.3, 0.4) is 0 Å². The number of hydrogen-bond donors (Lipinski definition) is 2. The van der Waals surface area contributed by atoms with Crippen molar-refractivity contribution in [1.29, 1.82) is 0 Å². The normalized spacial score (nSPS) is 12.2. The maximum atomic E-state index is 9.11. The first-order valence-corrected chi connectivity index (χ1v) is 5.70. The highest BCUT2D eigenvalue weighted by molar-refractivity contribution is 7.80. The third-order valence-electron chi connectivity index (χ3n) is 2.01. The second-order valence-corrected chi connectivity index (χ2v) is 4.31. The summed E-state index contributed by atoms with van der Waals surface area (Å²) in [6.07, 6.45) is 0.149. The van der Waals surface area contributed by atoms with Crippen LogP contribution in [0.5, 0.6) is 5.75 Å². The van der Waals surface area contributed by atoms with Crippen molar-refractivity contribution in [2.75, 3.05) is 6.61 Å². The molecule has 0 radical (unpaired) electrons. The van der Waals surface area contributed by atoms with E-state index in [9.17, 15) is 0 Å². The Labute approximate surface area is 105 Å². The van der Waals surface area contributed by atoms with Gasteiger partial charge in [-0.15, -0.1) is 0 Å². The number of rotatable bonds is 5. The maximum absolute atomic E-state index is 9.11. The van der Waals surface area contributed by atoms with Gasteiger partial charge in [-0.2, -0.15) is 0 Å². The summed E-state index contributed by atoms with van der Waals surface area (Å²) in [5.41, 5.74) is 6.11. The molecule has 0 saturated carbocycles. The standard InChI is InChI=1S/C11H14ClNO2S/c1-7(14)5-6-15-9-4-2-3-8(12)10(9)11(13)16/h2-4,7,14H,5-6H2,1H3,(H2,13,16). The molecule has 1 unspecified atom stereocenters. The molecule has 1 aromatic carbocycles. The lowest BCUT2D eigenvalue weighted by molar-refractivity contribution is 0.155. The molecule has 0 spiro atoms. The summed E-state index contributed by atoms with van der Waals surface area (Å²) in [5, 5.41) is 9.58. The number of aliphatic hydroxyl groups is 1. The fourth-order valence-corrected chi connectivity index (χ4v) is 1.74.